The van der Waals surface area contributed by atoms with Gasteiger partial charge in [-0.15, -0.1) is 0 Å². The molecular formula is C24H33NO2. The van der Waals surface area contributed by atoms with E-state index < -0.39 is 5.97 Å². The van der Waals surface area contributed by atoms with E-state index >= 15 is 0 Å². The number of aliphatic carboxylic acids is 1. The van der Waals surface area contributed by atoms with E-state index in [2.05, 4.69) is 62.1 Å². The van der Waals surface area contributed by atoms with Gasteiger partial charge < -0.3 is 5.11 Å². The van der Waals surface area contributed by atoms with Crippen LogP contribution in [0.1, 0.15) is 55.7 Å². The van der Waals surface area contributed by atoms with Crippen LogP contribution in [0.15, 0.2) is 42.0 Å². The number of carboxylic acids is 1. The lowest BCUT2D eigenvalue weighted by Gasteiger charge is -2.43. The fourth-order valence-corrected chi connectivity index (χ4v) is 4.57. The standard InChI is InChI=1S/C24H33NO2/c1-17-5-9-21(10-6-17)23-15-20(8-11-24(26)27)12-13-25(23)16-22-14-18(2)4-7-19(22)3/h4-7,9,14,20-21,23H,8,10-13,15-16H2,1-3H3,(H,26,27)/t20-,21?,23+/m0/s1. The summed E-state index contributed by atoms with van der Waals surface area (Å²) in [6.45, 7) is 8.59. The Hall–Kier alpha value is -1.87. The average Bonchev–Trinajstić information content (AvgIpc) is 2.64. The maximum absolute atomic E-state index is 11.0. The summed E-state index contributed by atoms with van der Waals surface area (Å²) in [6, 6.07) is 7.24. The number of hydrogen-bond donors (Lipinski definition) is 1. The summed E-state index contributed by atoms with van der Waals surface area (Å²) in [5.74, 6) is 0.397. The number of aryl methyl sites for hydroxylation is 2. The van der Waals surface area contributed by atoms with Crippen LogP contribution in [0.3, 0.4) is 0 Å². The summed E-state index contributed by atoms with van der Waals surface area (Å²) in [5, 5.41) is 9.06. The van der Waals surface area contributed by atoms with E-state index in [1.54, 1.807) is 0 Å². The van der Waals surface area contributed by atoms with Crippen molar-refractivity contribution in [1.29, 1.82) is 0 Å². The zero-order chi connectivity index (χ0) is 19.4. The number of likely N-dealkylation sites (tertiary alicyclic amines) is 1. The van der Waals surface area contributed by atoms with E-state index in [-0.39, 0.29) is 0 Å². The van der Waals surface area contributed by atoms with Gasteiger partial charge in [0, 0.05) is 19.0 Å². The van der Waals surface area contributed by atoms with E-state index in [9.17, 15) is 4.79 Å². The smallest absolute Gasteiger partial charge is 0.303 e. The fraction of sp³-hybridized carbons (Fsp3) is 0.542. The van der Waals surface area contributed by atoms with E-state index in [0.29, 0.717) is 24.3 Å². The molecule has 146 valence electrons. The lowest BCUT2D eigenvalue weighted by molar-refractivity contribution is -0.137. The van der Waals surface area contributed by atoms with Crippen LogP contribution >= 0.6 is 0 Å². The Morgan fingerprint density at radius 2 is 2.07 bits per heavy atom. The molecule has 1 fully saturated rings. The van der Waals surface area contributed by atoms with Gasteiger partial charge in [-0.2, -0.15) is 0 Å². The maximum atomic E-state index is 11.0. The third-order valence-corrected chi connectivity index (χ3v) is 6.33. The molecule has 27 heavy (non-hydrogen) atoms. The number of rotatable bonds is 6. The van der Waals surface area contributed by atoms with Gasteiger partial charge in [-0.3, -0.25) is 9.69 Å². The van der Waals surface area contributed by atoms with Crippen LogP contribution in [0.25, 0.3) is 0 Å². The summed E-state index contributed by atoms with van der Waals surface area (Å²) >= 11 is 0. The topological polar surface area (TPSA) is 40.5 Å². The second-order valence-electron chi connectivity index (χ2n) is 8.50. The summed E-state index contributed by atoms with van der Waals surface area (Å²) in [4.78, 5) is 13.7. The van der Waals surface area contributed by atoms with Crippen LogP contribution in [0, 0.1) is 25.7 Å². The summed E-state index contributed by atoms with van der Waals surface area (Å²) in [7, 11) is 0. The highest BCUT2D eigenvalue weighted by Gasteiger charge is 2.33. The molecule has 0 aromatic heterocycles. The number of nitrogens with zero attached hydrogens (tertiary/aromatic N) is 1. The maximum Gasteiger partial charge on any atom is 0.303 e. The third kappa shape index (κ3) is 5.32. The van der Waals surface area contributed by atoms with Crippen LogP contribution in [0.4, 0.5) is 0 Å². The Balaban J connectivity index is 1.75. The van der Waals surface area contributed by atoms with Crippen molar-refractivity contribution >= 4 is 5.97 Å². The van der Waals surface area contributed by atoms with E-state index in [4.69, 9.17) is 5.11 Å². The van der Waals surface area contributed by atoms with Gasteiger partial charge in [0.2, 0.25) is 0 Å². The van der Waals surface area contributed by atoms with Crippen LogP contribution < -0.4 is 0 Å². The highest BCUT2D eigenvalue weighted by molar-refractivity contribution is 5.66. The fourth-order valence-electron chi connectivity index (χ4n) is 4.57. The van der Waals surface area contributed by atoms with E-state index in [0.717, 1.165) is 38.8 Å². The molecule has 2 aliphatic rings. The third-order valence-electron chi connectivity index (χ3n) is 6.33. The van der Waals surface area contributed by atoms with E-state index in [1.807, 2.05) is 0 Å². The van der Waals surface area contributed by atoms with Crippen molar-refractivity contribution in [2.45, 2.75) is 65.5 Å². The molecule has 0 spiro atoms. The quantitative estimate of drug-likeness (QED) is 0.744. The van der Waals surface area contributed by atoms with Gasteiger partial charge in [-0.25, -0.2) is 0 Å². The normalized spacial score (nSPS) is 26.0. The molecule has 1 aromatic rings. The first-order chi connectivity index (χ1) is 12.9. The molecule has 1 heterocycles. The molecule has 1 N–H and O–H groups in total. The molecule has 1 saturated heterocycles. The Kier molecular flexibility index (Phi) is 6.54. The molecule has 3 rings (SSSR count). The number of benzene rings is 1. The Labute approximate surface area is 163 Å². The molecule has 1 unspecified atom stereocenters. The molecule has 3 atom stereocenters. The number of piperidine rings is 1. The van der Waals surface area contributed by atoms with E-state index in [1.165, 1.54) is 22.3 Å². The second kappa shape index (κ2) is 8.88. The predicted molar refractivity (Wildman–Crippen MR) is 111 cm³/mol. The van der Waals surface area contributed by atoms with Crippen LogP contribution in [-0.2, 0) is 11.3 Å². The zero-order valence-corrected chi connectivity index (χ0v) is 16.9. The van der Waals surface area contributed by atoms with Crippen molar-refractivity contribution in [3.05, 3.63) is 58.7 Å². The molecule has 1 aliphatic carbocycles. The minimum Gasteiger partial charge on any atom is -0.481 e. The minimum absolute atomic E-state index is 0.299. The Bertz CT molecular complexity index is 734. The minimum atomic E-state index is -0.666. The summed E-state index contributed by atoms with van der Waals surface area (Å²) < 4.78 is 0. The number of carbonyl (C=O) groups is 1. The molecule has 1 aliphatic heterocycles. The van der Waals surface area contributed by atoms with Gasteiger partial charge in [0.05, 0.1) is 0 Å². The highest BCUT2D eigenvalue weighted by Crippen LogP contribution is 2.35. The van der Waals surface area contributed by atoms with Crippen molar-refractivity contribution < 1.29 is 9.90 Å². The summed E-state index contributed by atoms with van der Waals surface area (Å²) in [5.41, 5.74) is 5.46. The first kappa shape index (κ1) is 19.9. The van der Waals surface area contributed by atoms with Gasteiger partial charge in [-0.05, 0) is 76.0 Å². The SMILES string of the molecule is CC1=CCC([C@H]2C[C@@H](CCC(=O)O)CCN2Cc2cc(C)ccc2C)C=C1. The van der Waals surface area contributed by atoms with Crippen molar-refractivity contribution in [3.8, 4) is 0 Å². The molecule has 3 nitrogen and oxygen atoms in total. The molecule has 0 saturated carbocycles. The van der Waals surface area contributed by atoms with Crippen molar-refractivity contribution in [3.63, 3.8) is 0 Å². The first-order valence-electron chi connectivity index (χ1n) is 10.3. The lowest BCUT2D eigenvalue weighted by atomic mass is 9.79. The molecule has 0 bridgehead atoms. The monoisotopic (exact) mass is 367 g/mol. The number of carboxylic acid groups (broad SMARTS) is 1. The van der Waals surface area contributed by atoms with Gasteiger partial charge in [0.1, 0.15) is 0 Å². The Morgan fingerprint density at radius 1 is 1.26 bits per heavy atom. The van der Waals surface area contributed by atoms with Gasteiger partial charge in [0.15, 0.2) is 0 Å². The van der Waals surface area contributed by atoms with Crippen molar-refractivity contribution in [1.82, 2.24) is 4.90 Å². The zero-order valence-electron chi connectivity index (χ0n) is 16.9. The first-order valence-corrected chi connectivity index (χ1v) is 10.3. The van der Waals surface area contributed by atoms with Crippen LogP contribution in [0.2, 0.25) is 0 Å². The molecule has 0 amide bonds. The highest BCUT2D eigenvalue weighted by atomic mass is 16.4. The van der Waals surface area contributed by atoms with Crippen LogP contribution in [-0.4, -0.2) is 28.6 Å². The largest absolute Gasteiger partial charge is 0.481 e. The Morgan fingerprint density at radius 3 is 2.78 bits per heavy atom. The van der Waals surface area contributed by atoms with Gasteiger partial charge in [0.25, 0.3) is 0 Å². The summed E-state index contributed by atoms with van der Waals surface area (Å²) in [6.07, 6.45) is 11.4. The van der Waals surface area contributed by atoms with Crippen LogP contribution in [0.5, 0.6) is 0 Å². The van der Waals surface area contributed by atoms with Gasteiger partial charge in [-0.1, -0.05) is 47.6 Å². The molecule has 3 heteroatoms. The second-order valence-corrected chi connectivity index (χ2v) is 8.50. The molecule has 0 radical (unpaired) electrons. The lowest BCUT2D eigenvalue weighted by Crippen LogP contribution is -2.46. The predicted octanol–water partition coefficient (Wildman–Crippen LogP) is 5.27. The van der Waals surface area contributed by atoms with Crippen molar-refractivity contribution in [2.24, 2.45) is 11.8 Å². The van der Waals surface area contributed by atoms with Crippen molar-refractivity contribution in [2.75, 3.05) is 6.54 Å². The average molecular weight is 368 g/mol. The number of hydrogen-bond acceptors (Lipinski definition) is 2. The van der Waals surface area contributed by atoms with Gasteiger partial charge >= 0.3 is 5.97 Å². The molecule has 1 aromatic carbocycles. The number of allylic oxidation sites excluding steroid dienone is 3. The molecular weight excluding hydrogens is 334 g/mol.